The van der Waals surface area contributed by atoms with Gasteiger partial charge in [0, 0.05) is 18.4 Å². The van der Waals surface area contributed by atoms with Crippen LogP contribution in [-0.4, -0.2) is 13.0 Å². The van der Waals surface area contributed by atoms with Crippen LogP contribution >= 0.6 is 11.6 Å². The molecule has 0 aromatic heterocycles. The van der Waals surface area contributed by atoms with E-state index in [1.165, 1.54) is 4.90 Å². The standard InChI is InChI=1S/C14H13ClN2O/c1-17(10-6-3-2-4-7-10)14(18)13-11(15)8-5-9-12(13)16/h2-9H,16H2,1H3. The maximum absolute atomic E-state index is 12.3. The Kier molecular flexibility index (Phi) is 3.53. The molecule has 0 aliphatic rings. The first kappa shape index (κ1) is 12.5. The van der Waals surface area contributed by atoms with Crippen LogP contribution in [0.4, 0.5) is 11.4 Å². The topological polar surface area (TPSA) is 46.3 Å². The van der Waals surface area contributed by atoms with Crippen LogP contribution in [0.15, 0.2) is 48.5 Å². The van der Waals surface area contributed by atoms with E-state index in [4.69, 9.17) is 17.3 Å². The highest BCUT2D eigenvalue weighted by molar-refractivity contribution is 6.35. The number of halogens is 1. The number of nitrogens with two attached hydrogens (primary N) is 1. The van der Waals surface area contributed by atoms with Crippen molar-refractivity contribution >= 4 is 28.9 Å². The molecule has 2 N–H and O–H groups in total. The van der Waals surface area contributed by atoms with Crippen molar-refractivity contribution in [2.45, 2.75) is 0 Å². The van der Waals surface area contributed by atoms with Gasteiger partial charge in [-0.05, 0) is 24.3 Å². The van der Waals surface area contributed by atoms with E-state index in [1.54, 1.807) is 25.2 Å². The van der Waals surface area contributed by atoms with Crippen LogP contribution in [0.2, 0.25) is 5.02 Å². The Labute approximate surface area is 111 Å². The summed E-state index contributed by atoms with van der Waals surface area (Å²) in [5.74, 6) is -0.218. The van der Waals surface area contributed by atoms with Crippen LogP contribution in [0.1, 0.15) is 10.4 Å². The van der Waals surface area contributed by atoms with Crippen molar-refractivity contribution in [2.24, 2.45) is 0 Å². The Hall–Kier alpha value is -2.00. The number of anilines is 2. The van der Waals surface area contributed by atoms with E-state index < -0.39 is 0 Å². The Morgan fingerprint density at radius 1 is 1.11 bits per heavy atom. The van der Waals surface area contributed by atoms with Gasteiger partial charge in [-0.2, -0.15) is 0 Å². The number of para-hydroxylation sites is 1. The molecule has 0 unspecified atom stereocenters. The highest BCUT2D eigenvalue weighted by atomic mass is 35.5. The van der Waals surface area contributed by atoms with Gasteiger partial charge in [0.05, 0.1) is 10.6 Å². The molecule has 1 amide bonds. The monoisotopic (exact) mass is 260 g/mol. The lowest BCUT2D eigenvalue weighted by Crippen LogP contribution is -2.27. The third kappa shape index (κ3) is 2.31. The fraction of sp³-hybridized carbons (Fsp3) is 0.0714. The second kappa shape index (κ2) is 5.10. The Bertz CT molecular complexity index is 549. The number of amides is 1. The SMILES string of the molecule is CN(C(=O)c1c(N)cccc1Cl)c1ccccc1. The molecule has 2 aromatic carbocycles. The molecule has 0 atom stereocenters. The summed E-state index contributed by atoms with van der Waals surface area (Å²) in [6.45, 7) is 0. The zero-order chi connectivity index (χ0) is 13.1. The highest BCUT2D eigenvalue weighted by Gasteiger charge is 2.18. The van der Waals surface area contributed by atoms with E-state index in [9.17, 15) is 4.79 Å². The highest BCUT2D eigenvalue weighted by Crippen LogP contribution is 2.25. The quantitative estimate of drug-likeness (QED) is 0.843. The summed E-state index contributed by atoms with van der Waals surface area (Å²) in [6.07, 6.45) is 0. The van der Waals surface area contributed by atoms with E-state index in [2.05, 4.69) is 0 Å². The number of carbonyl (C=O) groups is 1. The van der Waals surface area contributed by atoms with Crippen LogP contribution in [0.3, 0.4) is 0 Å². The number of benzene rings is 2. The van der Waals surface area contributed by atoms with E-state index in [0.717, 1.165) is 5.69 Å². The van der Waals surface area contributed by atoms with E-state index in [-0.39, 0.29) is 5.91 Å². The molecule has 0 saturated heterocycles. The summed E-state index contributed by atoms with van der Waals surface area (Å²) in [5, 5.41) is 0.364. The van der Waals surface area contributed by atoms with Gasteiger partial charge in [0.25, 0.3) is 5.91 Å². The Morgan fingerprint density at radius 3 is 2.39 bits per heavy atom. The lowest BCUT2D eigenvalue weighted by atomic mass is 10.1. The average Bonchev–Trinajstić information content (AvgIpc) is 2.38. The molecular formula is C14H13ClN2O. The van der Waals surface area contributed by atoms with Gasteiger partial charge in [-0.1, -0.05) is 35.9 Å². The fourth-order valence-electron chi connectivity index (χ4n) is 1.70. The normalized spacial score (nSPS) is 10.1. The largest absolute Gasteiger partial charge is 0.398 e. The lowest BCUT2D eigenvalue weighted by Gasteiger charge is -2.18. The molecule has 0 heterocycles. The van der Waals surface area contributed by atoms with Gasteiger partial charge in [0.1, 0.15) is 0 Å². The van der Waals surface area contributed by atoms with Crippen molar-refractivity contribution in [3.05, 3.63) is 59.1 Å². The minimum Gasteiger partial charge on any atom is -0.398 e. The molecule has 0 saturated carbocycles. The first-order valence-corrected chi connectivity index (χ1v) is 5.86. The maximum atomic E-state index is 12.3. The minimum absolute atomic E-state index is 0.218. The van der Waals surface area contributed by atoms with Crippen molar-refractivity contribution < 1.29 is 4.79 Å². The molecule has 0 radical (unpaired) electrons. The molecular weight excluding hydrogens is 248 g/mol. The number of nitrogens with zero attached hydrogens (tertiary/aromatic N) is 1. The minimum atomic E-state index is -0.218. The Balaban J connectivity index is 2.38. The molecule has 0 bridgehead atoms. The molecule has 2 rings (SSSR count). The van der Waals surface area contributed by atoms with Crippen LogP contribution in [-0.2, 0) is 0 Å². The van der Waals surface area contributed by atoms with Gasteiger partial charge in [-0.3, -0.25) is 4.79 Å². The maximum Gasteiger partial charge on any atom is 0.261 e. The number of rotatable bonds is 2. The van der Waals surface area contributed by atoms with Crippen molar-refractivity contribution in [3.63, 3.8) is 0 Å². The molecule has 0 fully saturated rings. The summed E-state index contributed by atoms with van der Waals surface area (Å²) in [7, 11) is 1.69. The number of nitrogen functional groups attached to an aromatic ring is 1. The van der Waals surface area contributed by atoms with Crippen molar-refractivity contribution in [3.8, 4) is 0 Å². The number of hydrogen-bond donors (Lipinski definition) is 1. The molecule has 2 aromatic rings. The lowest BCUT2D eigenvalue weighted by molar-refractivity contribution is 0.0994. The second-order valence-electron chi connectivity index (χ2n) is 3.90. The molecule has 3 nitrogen and oxygen atoms in total. The summed E-state index contributed by atoms with van der Waals surface area (Å²) < 4.78 is 0. The molecule has 92 valence electrons. The molecule has 0 aliphatic heterocycles. The van der Waals surface area contributed by atoms with Gasteiger partial charge in [-0.25, -0.2) is 0 Å². The van der Waals surface area contributed by atoms with Gasteiger partial charge in [-0.15, -0.1) is 0 Å². The zero-order valence-corrected chi connectivity index (χ0v) is 10.7. The molecule has 0 spiro atoms. The van der Waals surface area contributed by atoms with Gasteiger partial charge in [0.2, 0.25) is 0 Å². The van der Waals surface area contributed by atoms with Gasteiger partial charge >= 0.3 is 0 Å². The first-order valence-electron chi connectivity index (χ1n) is 5.48. The summed E-state index contributed by atoms with van der Waals surface area (Å²) in [4.78, 5) is 13.9. The Morgan fingerprint density at radius 2 is 1.78 bits per heavy atom. The summed E-state index contributed by atoms with van der Waals surface area (Å²) in [6, 6.07) is 14.4. The predicted octanol–water partition coefficient (Wildman–Crippen LogP) is 3.20. The van der Waals surface area contributed by atoms with Gasteiger partial charge in [0.15, 0.2) is 0 Å². The van der Waals surface area contributed by atoms with Crippen LogP contribution in [0, 0.1) is 0 Å². The van der Waals surface area contributed by atoms with Crippen molar-refractivity contribution in [1.82, 2.24) is 0 Å². The molecule has 4 heteroatoms. The molecule has 18 heavy (non-hydrogen) atoms. The summed E-state index contributed by atoms with van der Waals surface area (Å²) >= 11 is 6.03. The summed E-state index contributed by atoms with van der Waals surface area (Å²) in [5.41, 5.74) is 7.32. The zero-order valence-electron chi connectivity index (χ0n) is 9.93. The van der Waals surface area contributed by atoms with Crippen LogP contribution in [0.25, 0.3) is 0 Å². The van der Waals surface area contributed by atoms with Gasteiger partial charge < -0.3 is 10.6 Å². The third-order valence-corrected chi connectivity index (χ3v) is 3.02. The average molecular weight is 261 g/mol. The first-order chi connectivity index (χ1) is 8.61. The second-order valence-corrected chi connectivity index (χ2v) is 4.31. The fourth-order valence-corrected chi connectivity index (χ4v) is 1.97. The van der Waals surface area contributed by atoms with Crippen LogP contribution < -0.4 is 10.6 Å². The number of carbonyl (C=O) groups excluding carboxylic acids is 1. The smallest absolute Gasteiger partial charge is 0.261 e. The van der Waals surface area contributed by atoms with Crippen LogP contribution in [0.5, 0.6) is 0 Å². The third-order valence-electron chi connectivity index (χ3n) is 2.71. The van der Waals surface area contributed by atoms with Crippen molar-refractivity contribution in [1.29, 1.82) is 0 Å². The van der Waals surface area contributed by atoms with E-state index >= 15 is 0 Å². The predicted molar refractivity (Wildman–Crippen MR) is 75.0 cm³/mol. The van der Waals surface area contributed by atoms with Crippen molar-refractivity contribution in [2.75, 3.05) is 17.7 Å². The van der Waals surface area contributed by atoms with E-state index in [1.807, 2.05) is 30.3 Å². The number of hydrogen-bond acceptors (Lipinski definition) is 2. The van der Waals surface area contributed by atoms with E-state index in [0.29, 0.717) is 16.3 Å². The molecule has 0 aliphatic carbocycles.